The molecule has 0 bridgehead atoms. The van der Waals surface area contributed by atoms with Crippen molar-refractivity contribution < 1.29 is 26.7 Å². The first-order valence-electron chi connectivity index (χ1n) is 9.93. The number of halogens is 2. The number of fused-ring (bicyclic) bond motifs is 2. The SMILES string of the molecule is O=S(=O)(Nc1cccc2nc(Nc3cccc4c3OCCO4)ccc12)c1cc(F)cc(F)c1. The van der Waals surface area contributed by atoms with E-state index in [4.69, 9.17) is 9.47 Å². The molecule has 3 aromatic carbocycles. The number of hydrogen-bond acceptors (Lipinski definition) is 6. The average molecular weight is 469 g/mol. The van der Waals surface area contributed by atoms with Gasteiger partial charge in [0, 0.05) is 11.5 Å². The van der Waals surface area contributed by atoms with Crippen molar-refractivity contribution in [2.45, 2.75) is 4.90 Å². The van der Waals surface area contributed by atoms with Crippen LogP contribution in [0.1, 0.15) is 0 Å². The Morgan fingerprint density at radius 2 is 1.58 bits per heavy atom. The molecule has 0 fully saturated rings. The molecule has 1 aliphatic rings. The maximum atomic E-state index is 13.5. The Kier molecular flexibility index (Phi) is 5.21. The minimum atomic E-state index is -4.22. The number of sulfonamides is 1. The Morgan fingerprint density at radius 3 is 2.39 bits per heavy atom. The Balaban J connectivity index is 1.46. The molecular weight excluding hydrogens is 452 g/mol. The first-order valence-corrected chi connectivity index (χ1v) is 11.4. The van der Waals surface area contributed by atoms with Gasteiger partial charge in [0.05, 0.1) is 21.8 Å². The molecule has 4 aromatic rings. The van der Waals surface area contributed by atoms with Gasteiger partial charge in [0.15, 0.2) is 11.5 Å². The topological polar surface area (TPSA) is 89.6 Å². The van der Waals surface area contributed by atoms with E-state index in [2.05, 4.69) is 15.0 Å². The third-order valence-electron chi connectivity index (χ3n) is 4.95. The molecule has 5 rings (SSSR count). The Hall–Kier alpha value is -3.92. The van der Waals surface area contributed by atoms with Crippen LogP contribution in [0.15, 0.2) is 71.6 Å². The number of ether oxygens (including phenoxy) is 2. The van der Waals surface area contributed by atoms with Gasteiger partial charge in [0.1, 0.15) is 30.7 Å². The molecule has 0 aliphatic carbocycles. The van der Waals surface area contributed by atoms with E-state index in [0.29, 0.717) is 53.2 Å². The lowest BCUT2D eigenvalue weighted by Gasteiger charge is -2.21. The standard InChI is InChI=1S/C23H17F2N3O4S/c24-14-11-15(25)13-16(12-14)33(29,30)28-19-4-1-3-18-17(19)7-8-22(26-18)27-20-5-2-6-21-23(20)32-10-9-31-21/h1-8,11-13,28H,9-10H2,(H,26,27). The largest absolute Gasteiger partial charge is 0.486 e. The van der Waals surface area contributed by atoms with Crippen LogP contribution in [0.25, 0.3) is 10.9 Å². The Morgan fingerprint density at radius 1 is 0.848 bits per heavy atom. The van der Waals surface area contributed by atoms with E-state index in [1.54, 1.807) is 30.3 Å². The lowest BCUT2D eigenvalue weighted by atomic mass is 10.2. The lowest BCUT2D eigenvalue weighted by Crippen LogP contribution is -2.16. The first kappa shape index (κ1) is 21.0. The minimum Gasteiger partial charge on any atom is -0.486 e. The van der Waals surface area contributed by atoms with Gasteiger partial charge in [-0.2, -0.15) is 0 Å². The summed E-state index contributed by atoms with van der Waals surface area (Å²) in [6.07, 6.45) is 0. The molecule has 10 heteroatoms. The molecule has 0 spiro atoms. The van der Waals surface area contributed by atoms with Crippen LogP contribution in [0, 0.1) is 11.6 Å². The fourth-order valence-corrected chi connectivity index (χ4v) is 4.63. The van der Waals surface area contributed by atoms with Gasteiger partial charge in [-0.3, -0.25) is 4.72 Å². The number of rotatable bonds is 5. The second-order valence-electron chi connectivity index (χ2n) is 7.23. The number of para-hydroxylation sites is 1. The third kappa shape index (κ3) is 4.24. The van der Waals surface area contributed by atoms with E-state index in [1.165, 1.54) is 0 Å². The molecule has 0 saturated heterocycles. The zero-order valence-electron chi connectivity index (χ0n) is 17.0. The van der Waals surface area contributed by atoms with Gasteiger partial charge in [-0.05, 0) is 48.5 Å². The fourth-order valence-electron chi connectivity index (χ4n) is 3.51. The van der Waals surface area contributed by atoms with Gasteiger partial charge >= 0.3 is 0 Å². The highest BCUT2D eigenvalue weighted by molar-refractivity contribution is 7.92. The number of benzene rings is 3. The van der Waals surface area contributed by atoms with E-state index in [1.807, 2.05) is 18.2 Å². The highest BCUT2D eigenvalue weighted by Gasteiger charge is 2.19. The maximum Gasteiger partial charge on any atom is 0.262 e. The molecule has 168 valence electrons. The Labute approximate surface area is 188 Å². The van der Waals surface area contributed by atoms with Gasteiger partial charge in [0.25, 0.3) is 10.0 Å². The van der Waals surface area contributed by atoms with Crippen LogP contribution in [-0.2, 0) is 10.0 Å². The van der Waals surface area contributed by atoms with E-state index in [0.717, 1.165) is 12.1 Å². The van der Waals surface area contributed by atoms with Crippen molar-refractivity contribution >= 4 is 38.1 Å². The molecule has 0 radical (unpaired) electrons. The summed E-state index contributed by atoms with van der Waals surface area (Å²) >= 11 is 0. The second-order valence-corrected chi connectivity index (χ2v) is 8.92. The highest BCUT2D eigenvalue weighted by atomic mass is 32.2. The number of nitrogens with one attached hydrogen (secondary N) is 2. The molecule has 0 amide bonds. The van der Waals surface area contributed by atoms with E-state index in [9.17, 15) is 17.2 Å². The van der Waals surface area contributed by atoms with Crippen LogP contribution in [0.3, 0.4) is 0 Å². The molecule has 0 atom stereocenters. The summed E-state index contributed by atoms with van der Waals surface area (Å²) in [5.74, 6) is -0.226. The number of anilines is 3. The van der Waals surface area contributed by atoms with Crippen LogP contribution >= 0.6 is 0 Å². The number of hydrogen-bond donors (Lipinski definition) is 2. The predicted molar refractivity (Wildman–Crippen MR) is 120 cm³/mol. The molecule has 2 heterocycles. The quantitative estimate of drug-likeness (QED) is 0.435. The molecule has 7 nitrogen and oxygen atoms in total. The van der Waals surface area contributed by atoms with Gasteiger partial charge < -0.3 is 14.8 Å². The van der Waals surface area contributed by atoms with Crippen LogP contribution in [0.4, 0.5) is 26.0 Å². The summed E-state index contributed by atoms with van der Waals surface area (Å²) < 4.78 is 66.1. The van der Waals surface area contributed by atoms with E-state index < -0.39 is 26.6 Å². The molecule has 1 aromatic heterocycles. The zero-order chi connectivity index (χ0) is 23.0. The van der Waals surface area contributed by atoms with Crippen LogP contribution in [-0.4, -0.2) is 26.6 Å². The molecule has 33 heavy (non-hydrogen) atoms. The molecule has 1 aliphatic heterocycles. The van der Waals surface area contributed by atoms with Crippen molar-refractivity contribution in [3.63, 3.8) is 0 Å². The number of nitrogens with zero attached hydrogens (tertiary/aromatic N) is 1. The van der Waals surface area contributed by atoms with Crippen molar-refractivity contribution in [2.75, 3.05) is 23.3 Å². The molecule has 0 saturated carbocycles. The smallest absolute Gasteiger partial charge is 0.262 e. The average Bonchev–Trinajstić information content (AvgIpc) is 2.79. The van der Waals surface area contributed by atoms with Crippen LogP contribution < -0.4 is 19.5 Å². The molecule has 2 N–H and O–H groups in total. The summed E-state index contributed by atoms with van der Waals surface area (Å²) in [7, 11) is -4.22. The highest BCUT2D eigenvalue weighted by Crippen LogP contribution is 2.38. The van der Waals surface area contributed by atoms with Crippen molar-refractivity contribution in [1.82, 2.24) is 4.98 Å². The summed E-state index contributed by atoms with van der Waals surface area (Å²) in [5, 5.41) is 3.70. The van der Waals surface area contributed by atoms with Crippen molar-refractivity contribution in [3.05, 3.63) is 78.4 Å². The molecule has 0 unspecified atom stereocenters. The summed E-state index contributed by atoms with van der Waals surface area (Å²) in [4.78, 5) is 4.03. The van der Waals surface area contributed by atoms with Gasteiger partial charge in [-0.25, -0.2) is 22.2 Å². The monoisotopic (exact) mass is 469 g/mol. The number of pyridine rings is 1. The third-order valence-corrected chi connectivity index (χ3v) is 6.30. The van der Waals surface area contributed by atoms with Gasteiger partial charge in [-0.1, -0.05) is 12.1 Å². The zero-order valence-corrected chi connectivity index (χ0v) is 17.8. The minimum absolute atomic E-state index is 0.227. The van der Waals surface area contributed by atoms with E-state index >= 15 is 0 Å². The molecular formula is C23H17F2N3O4S. The van der Waals surface area contributed by atoms with Crippen molar-refractivity contribution in [1.29, 1.82) is 0 Å². The van der Waals surface area contributed by atoms with Gasteiger partial charge in [-0.15, -0.1) is 0 Å². The summed E-state index contributed by atoms with van der Waals surface area (Å²) in [5.41, 5.74) is 1.42. The second kappa shape index (κ2) is 8.21. The van der Waals surface area contributed by atoms with Crippen LogP contribution in [0.2, 0.25) is 0 Å². The van der Waals surface area contributed by atoms with Crippen molar-refractivity contribution in [2.24, 2.45) is 0 Å². The Bertz CT molecular complexity index is 1460. The predicted octanol–water partition coefficient (Wildman–Crippen LogP) is 4.83. The lowest BCUT2D eigenvalue weighted by molar-refractivity contribution is 0.172. The summed E-state index contributed by atoms with van der Waals surface area (Å²) in [6, 6.07) is 15.9. The van der Waals surface area contributed by atoms with Crippen molar-refractivity contribution in [3.8, 4) is 11.5 Å². The first-order chi connectivity index (χ1) is 15.9. The van der Waals surface area contributed by atoms with Gasteiger partial charge in [0.2, 0.25) is 0 Å². The summed E-state index contributed by atoms with van der Waals surface area (Å²) in [6.45, 7) is 0.918. The fraction of sp³-hybridized carbons (Fsp3) is 0.0870. The van der Waals surface area contributed by atoms with Crippen LogP contribution in [0.5, 0.6) is 11.5 Å². The number of aromatic nitrogens is 1. The normalized spacial score (nSPS) is 13.0. The maximum absolute atomic E-state index is 13.5. The van der Waals surface area contributed by atoms with E-state index in [-0.39, 0.29) is 5.69 Å².